The highest BCUT2D eigenvalue weighted by Crippen LogP contribution is 2.16. The zero-order chi connectivity index (χ0) is 21.5. The van der Waals surface area contributed by atoms with Gasteiger partial charge in [-0.25, -0.2) is 14.4 Å². The number of hydrogen-bond acceptors (Lipinski definition) is 6. The van der Waals surface area contributed by atoms with Gasteiger partial charge in [0.15, 0.2) is 6.61 Å². The van der Waals surface area contributed by atoms with Crippen LogP contribution in [0.25, 0.3) is 0 Å². The van der Waals surface area contributed by atoms with Crippen LogP contribution in [0.5, 0.6) is 5.75 Å². The Bertz CT molecular complexity index is 684. The molecule has 1 amide bonds. The molecule has 0 aliphatic rings. The van der Waals surface area contributed by atoms with Crippen molar-refractivity contribution in [1.29, 1.82) is 0 Å². The maximum atomic E-state index is 12.5. The lowest BCUT2D eigenvalue weighted by atomic mass is 10.1. The molecule has 2 N–H and O–H groups in total. The lowest BCUT2D eigenvalue weighted by Crippen LogP contribution is -2.47. The van der Waals surface area contributed by atoms with Crippen molar-refractivity contribution in [2.24, 2.45) is 0 Å². The molecule has 0 bridgehead atoms. The fourth-order valence-electron chi connectivity index (χ4n) is 2.12. The average molecular weight is 395 g/mol. The minimum atomic E-state index is -1.07. The number of nitrogens with one attached hydrogen (secondary N) is 1. The first kappa shape index (κ1) is 23.3. The summed E-state index contributed by atoms with van der Waals surface area (Å²) in [5, 5.41) is 11.2. The van der Waals surface area contributed by atoms with Gasteiger partial charge < -0.3 is 24.6 Å². The van der Waals surface area contributed by atoms with E-state index in [9.17, 15) is 14.4 Å². The number of carboxylic acids is 1. The van der Waals surface area contributed by atoms with Gasteiger partial charge in [-0.2, -0.15) is 0 Å². The summed E-state index contributed by atoms with van der Waals surface area (Å²) < 4.78 is 15.7. The standard InChI is InChI=1S/C20H29NO7/c1-19(2,3)27-17(24)15(21-18(25)28-20(4,5)6)11-13-7-9-14(10-8-13)26-12-16(22)23/h7-10,15H,11-12H2,1-6H3,(H,21,25)(H,22,23)/t15-/m1/s1. The first-order valence-electron chi connectivity index (χ1n) is 8.91. The summed E-state index contributed by atoms with van der Waals surface area (Å²) in [7, 11) is 0. The quantitative estimate of drug-likeness (QED) is 0.683. The lowest BCUT2D eigenvalue weighted by Gasteiger charge is -2.26. The van der Waals surface area contributed by atoms with Crippen LogP contribution in [0.2, 0.25) is 0 Å². The van der Waals surface area contributed by atoms with Crippen molar-refractivity contribution in [3.63, 3.8) is 0 Å². The second kappa shape index (κ2) is 9.43. The van der Waals surface area contributed by atoms with Crippen molar-refractivity contribution in [2.45, 2.75) is 65.2 Å². The molecule has 0 aliphatic carbocycles. The van der Waals surface area contributed by atoms with Crippen LogP contribution in [0.4, 0.5) is 4.79 Å². The Morgan fingerprint density at radius 2 is 1.50 bits per heavy atom. The van der Waals surface area contributed by atoms with Crippen LogP contribution >= 0.6 is 0 Å². The van der Waals surface area contributed by atoms with Gasteiger partial charge in [0, 0.05) is 6.42 Å². The Kier molecular flexibility index (Phi) is 7.84. The molecular formula is C20H29NO7. The zero-order valence-electron chi connectivity index (χ0n) is 17.2. The van der Waals surface area contributed by atoms with Gasteiger partial charge in [-0.1, -0.05) is 12.1 Å². The summed E-state index contributed by atoms with van der Waals surface area (Å²) in [5.74, 6) is -1.26. The van der Waals surface area contributed by atoms with Crippen molar-refractivity contribution in [2.75, 3.05) is 6.61 Å². The van der Waals surface area contributed by atoms with Gasteiger partial charge in [-0.05, 0) is 59.2 Å². The number of aliphatic carboxylic acids is 1. The molecule has 156 valence electrons. The summed E-state index contributed by atoms with van der Waals surface area (Å²) in [6.45, 7) is 9.96. The molecular weight excluding hydrogens is 366 g/mol. The number of benzene rings is 1. The van der Waals surface area contributed by atoms with E-state index in [4.69, 9.17) is 19.3 Å². The molecule has 0 saturated heterocycles. The predicted molar refractivity (Wildman–Crippen MR) is 102 cm³/mol. The van der Waals surface area contributed by atoms with Gasteiger partial charge in [0.1, 0.15) is 23.0 Å². The Balaban J connectivity index is 2.87. The maximum absolute atomic E-state index is 12.5. The number of esters is 1. The van der Waals surface area contributed by atoms with Crippen molar-refractivity contribution in [1.82, 2.24) is 5.32 Å². The van der Waals surface area contributed by atoms with Crippen LogP contribution in [-0.2, 0) is 25.5 Å². The Morgan fingerprint density at radius 1 is 0.964 bits per heavy atom. The molecule has 0 radical (unpaired) electrons. The highest BCUT2D eigenvalue weighted by molar-refractivity contribution is 5.82. The topological polar surface area (TPSA) is 111 Å². The molecule has 1 atom stereocenters. The zero-order valence-corrected chi connectivity index (χ0v) is 17.2. The average Bonchev–Trinajstić information content (AvgIpc) is 2.50. The number of carboxylic acid groups (broad SMARTS) is 1. The number of carbonyl (C=O) groups is 3. The SMILES string of the molecule is CC(C)(C)OC(=O)N[C@H](Cc1ccc(OCC(=O)O)cc1)C(=O)OC(C)(C)C. The third-order valence-electron chi connectivity index (χ3n) is 3.11. The van der Waals surface area contributed by atoms with Crippen LogP contribution in [-0.4, -0.2) is 47.0 Å². The van der Waals surface area contributed by atoms with Crippen LogP contribution in [0.15, 0.2) is 24.3 Å². The number of hydrogen-bond donors (Lipinski definition) is 2. The van der Waals surface area contributed by atoms with Crippen molar-refractivity contribution in [3.8, 4) is 5.75 Å². The van der Waals surface area contributed by atoms with Gasteiger partial charge in [-0.3, -0.25) is 0 Å². The molecule has 8 heteroatoms. The number of alkyl carbamates (subject to hydrolysis) is 1. The Labute approximate surface area is 165 Å². The van der Waals surface area contributed by atoms with E-state index in [1.165, 1.54) is 0 Å². The molecule has 1 rings (SSSR count). The second-order valence-corrected chi connectivity index (χ2v) is 8.26. The Hall–Kier alpha value is -2.77. The van der Waals surface area contributed by atoms with Crippen LogP contribution in [0, 0.1) is 0 Å². The largest absolute Gasteiger partial charge is 0.482 e. The molecule has 28 heavy (non-hydrogen) atoms. The number of rotatable bonds is 7. The fraction of sp³-hybridized carbons (Fsp3) is 0.550. The number of ether oxygens (including phenoxy) is 3. The van der Waals surface area contributed by atoms with Gasteiger partial charge in [0.05, 0.1) is 0 Å². The lowest BCUT2D eigenvalue weighted by molar-refractivity contribution is -0.157. The van der Waals surface area contributed by atoms with Crippen molar-refractivity contribution in [3.05, 3.63) is 29.8 Å². The molecule has 0 unspecified atom stereocenters. The second-order valence-electron chi connectivity index (χ2n) is 8.26. The summed E-state index contributed by atoms with van der Waals surface area (Å²) in [4.78, 5) is 35.2. The van der Waals surface area contributed by atoms with Gasteiger partial charge in [0.2, 0.25) is 0 Å². The summed E-state index contributed by atoms with van der Waals surface area (Å²) >= 11 is 0. The third-order valence-corrected chi connectivity index (χ3v) is 3.11. The monoisotopic (exact) mass is 395 g/mol. The first-order chi connectivity index (χ1) is 12.7. The molecule has 0 saturated carbocycles. The van der Waals surface area contributed by atoms with Crippen LogP contribution < -0.4 is 10.1 Å². The van der Waals surface area contributed by atoms with Crippen LogP contribution in [0.1, 0.15) is 47.1 Å². The minimum Gasteiger partial charge on any atom is -0.482 e. The normalized spacial score (nSPS) is 12.6. The number of amides is 1. The highest BCUT2D eigenvalue weighted by Gasteiger charge is 2.28. The van der Waals surface area contributed by atoms with Gasteiger partial charge in [-0.15, -0.1) is 0 Å². The van der Waals surface area contributed by atoms with Gasteiger partial charge >= 0.3 is 18.0 Å². The summed E-state index contributed by atoms with van der Waals surface area (Å²) in [6, 6.07) is 5.62. The van der Waals surface area contributed by atoms with E-state index in [0.29, 0.717) is 5.75 Å². The molecule has 0 aromatic heterocycles. The molecule has 0 spiro atoms. The van der Waals surface area contributed by atoms with E-state index in [1.54, 1.807) is 65.8 Å². The molecule has 0 heterocycles. The van der Waals surface area contributed by atoms with E-state index in [1.807, 2.05) is 0 Å². The van der Waals surface area contributed by atoms with Crippen LogP contribution in [0.3, 0.4) is 0 Å². The molecule has 0 aliphatic heterocycles. The van der Waals surface area contributed by atoms with Crippen molar-refractivity contribution < 1.29 is 33.7 Å². The van der Waals surface area contributed by atoms with Crippen molar-refractivity contribution >= 4 is 18.0 Å². The van der Waals surface area contributed by atoms with E-state index >= 15 is 0 Å². The van der Waals surface area contributed by atoms with Gasteiger partial charge in [0.25, 0.3) is 0 Å². The molecule has 8 nitrogen and oxygen atoms in total. The molecule has 0 fully saturated rings. The van der Waals surface area contributed by atoms with E-state index in [0.717, 1.165) is 5.56 Å². The minimum absolute atomic E-state index is 0.174. The van der Waals surface area contributed by atoms with E-state index in [-0.39, 0.29) is 6.42 Å². The van der Waals surface area contributed by atoms with E-state index < -0.39 is 41.9 Å². The Morgan fingerprint density at radius 3 is 1.96 bits per heavy atom. The maximum Gasteiger partial charge on any atom is 0.408 e. The number of carbonyl (C=O) groups excluding carboxylic acids is 2. The van der Waals surface area contributed by atoms with E-state index in [2.05, 4.69) is 5.32 Å². The summed E-state index contributed by atoms with van der Waals surface area (Å²) in [5.41, 5.74) is -0.680. The predicted octanol–water partition coefficient (Wildman–Crippen LogP) is 2.93. The fourth-order valence-corrected chi connectivity index (χ4v) is 2.12. The molecule has 1 aromatic rings. The summed E-state index contributed by atoms with van der Waals surface area (Å²) in [6.07, 6.45) is -0.544. The smallest absolute Gasteiger partial charge is 0.408 e. The third kappa shape index (κ3) is 9.80. The highest BCUT2D eigenvalue weighted by atomic mass is 16.6. The first-order valence-corrected chi connectivity index (χ1v) is 8.91. The molecule has 1 aromatic carbocycles.